The summed E-state index contributed by atoms with van der Waals surface area (Å²) in [6, 6.07) is 27.0. The van der Waals surface area contributed by atoms with E-state index in [2.05, 4.69) is 0 Å². The first-order valence-electron chi connectivity index (χ1n) is 8.29. The van der Waals surface area contributed by atoms with Crippen LogP contribution in [0.3, 0.4) is 0 Å². The number of hydrogen-bond acceptors (Lipinski definition) is 3. The molecule has 0 atom stereocenters. The lowest BCUT2D eigenvalue weighted by Gasteiger charge is -2.21. The second-order valence-corrected chi connectivity index (χ2v) is 5.71. The molecule has 0 radical (unpaired) electrons. The molecule has 3 rings (SSSR count). The molecule has 0 unspecified atom stereocenters. The van der Waals surface area contributed by atoms with Crippen molar-refractivity contribution in [2.75, 3.05) is 6.61 Å². The summed E-state index contributed by atoms with van der Waals surface area (Å²) in [6.45, 7) is -0.173. The average molecular weight is 332 g/mol. The maximum absolute atomic E-state index is 12.3. The van der Waals surface area contributed by atoms with E-state index in [1.165, 1.54) is 0 Å². The number of benzene rings is 3. The molecule has 0 fully saturated rings. The molecule has 0 heterocycles. The fourth-order valence-corrected chi connectivity index (χ4v) is 2.75. The van der Waals surface area contributed by atoms with Crippen LogP contribution in [0.2, 0.25) is 0 Å². The molecule has 3 nitrogen and oxygen atoms in total. The molecule has 3 aromatic carbocycles. The van der Waals surface area contributed by atoms with Crippen LogP contribution in [-0.4, -0.2) is 17.5 Å². The normalized spacial score (nSPS) is 10.6. The summed E-state index contributed by atoms with van der Waals surface area (Å²) in [5.41, 5.74) is 2.52. The van der Waals surface area contributed by atoms with Crippen molar-refractivity contribution in [2.24, 2.45) is 0 Å². The molecule has 1 N–H and O–H groups in total. The molecular weight excluding hydrogens is 312 g/mol. The van der Waals surface area contributed by atoms with Crippen molar-refractivity contribution < 1.29 is 14.6 Å². The summed E-state index contributed by atoms with van der Waals surface area (Å²) in [5, 5.41) is 9.07. The molecule has 0 amide bonds. The minimum absolute atomic E-state index is 0.0850. The second kappa shape index (κ2) is 8.27. The molecule has 126 valence electrons. The highest BCUT2D eigenvalue weighted by molar-refractivity contribution is 5.98. The number of ether oxygens (including phenoxy) is 1. The van der Waals surface area contributed by atoms with Gasteiger partial charge in [0.1, 0.15) is 11.9 Å². The molecule has 25 heavy (non-hydrogen) atoms. The Hall–Kier alpha value is -2.91. The summed E-state index contributed by atoms with van der Waals surface area (Å²) in [5.74, 6) is 0.400. The van der Waals surface area contributed by atoms with Crippen molar-refractivity contribution in [3.8, 4) is 5.75 Å². The Morgan fingerprint density at radius 3 is 1.88 bits per heavy atom. The van der Waals surface area contributed by atoms with Crippen LogP contribution < -0.4 is 4.74 Å². The largest absolute Gasteiger partial charge is 0.480 e. The molecule has 0 spiro atoms. The van der Waals surface area contributed by atoms with Gasteiger partial charge < -0.3 is 9.84 Å². The number of ketones is 1. The number of Topliss-reactive ketones (excluding diaryl/α,β-unsaturated/α-hetero) is 1. The molecule has 0 saturated heterocycles. The van der Waals surface area contributed by atoms with Gasteiger partial charge in [0.2, 0.25) is 0 Å². The zero-order chi connectivity index (χ0) is 17.5. The molecule has 3 heteroatoms. The van der Waals surface area contributed by atoms with Gasteiger partial charge in [0, 0.05) is 6.42 Å². The molecule has 0 aromatic heterocycles. The molecule has 0 aliphatic carbocycles. The average Bonchev–Trinajstić information content (AvgIpc) is 2.68. The van der Waals surface area contributed by atoms with Crippen LogP contribution in [0.15, 0.2) is 84.9 Å². The summed E-state index contributed by atoms with van der Waals surface area (Å²) in [4.78, 5) is 12.3. The van der Waals surface area contributed by atoms with Crippen molar-refractivity contribution >= 4 is 5.78 Å². The quantitative estimate of drug-likeness (QED) is 0.652. The van der Waals surface area contributed by atoms with E-state index in [-0.39, 0.29) is 24.9 Å². The van der Waals surface area contributed by atoms with Crippen molar-refractivity contribution in [1.82, 2.24) is 0 Å². The minimum Gasteiger partial charge on any atom is -0.480 e. The lowest BCUT2D eigenvalue weighted by molar-refractivity contribution is 0.0951. The third-order valence-corrected chi connectivity index (χ3v) is 3.98. The van der Waals surface area contributed by atoms with Crippen LogP contribution in [0.5, 0.6) is 5.75 Å². The third kappa shape index (κ3) is 4.14. The first-order chi connectivity index (χ1) is 12.3. The van der Waals surface area contributed by atoms with Crippen LogP contribution in [0.25, 0.3) is 0 Å². The van der Waals surface area contributed by atoms with E-state index in [1.807, 2.05) is 66.7 Å². The highest BCUT2D eigenvalue weighted by atomic mass is 16.5. The van der Waals surface area contributed by atoms with E-state index in [0.29, 0.717) is 11.3 Å². The van der Waals surface area contributed by atoms with Gasteiger partial charge in [-0.25, -0.2) is 0 Å². The molecule has 0 bridgehead atoms. The van der Waals surface area contributed by atoms with Crippen LogP contribution in [-0.2, 0) is 0 Å². The van der Waals surface area contributed by atoms with Gasteiger partial charge in [0.15, 0.2) is 5.78 Å². The molecule has 0 aliphatic heterocycles. The summed E-state index contributed by atoms with van der Waals surface area (Å²) in [6.07, 6.45) is -0.229. The van der Waals surface area contributed by atoms with Crippen LogP contribution in [0.1, 0.15) is 34.0 Å². The zero-order valence-electron chi connectivity index (χ0n) is 13.8. The zero-order valence-corrected chi connectivity index (χ0v) is 13.8. The summed E-state index contributed by atoms with van der Waals surface area (Å²) < 4.78 is 6.28. The Morgan fingerprint density at radius 2 is 1.32 bits per heavy atom. The van der Waals surface area contributed by atoms with Crippen molar-refractivity contribution in [1.29, 1.82) is 0 Å². The highest BCUT2D eigenvalue weighted by Crippen LogP contribution is 2.30. The van der Waals surface area contributed by atoms with Crippen molar-refractivity contribution in [3.05, 3.63) is 102 Å². The van der Waals surface area contributed by atoms with Gasteiger partial charge in [-0.05, 0) is 23.3 Å². The Labute approximate surface area is 147 Å². The second-order valence-electron chi connectivity index (χ2n) is 5.71. The predicted octanol–water partition coefficient (Wildman–Crippen LogP) is 4.42. The Bertz CT molecular complexity index is 773. The lowest BCUT2D eigenvalue weighted by Crippen LogP contribution is -2.12. The Balaban J connectivity index is 1.98. The number of carbonyl (C=O) groups excluding carboxylic acids is 1. The van der Waals surface area contributed by atoms with Gasteiger partial charge >= 0.3 is 0 Å². The first-order valence-corrected chi connectivity index (χ1v) is 8.29. The number of carbonyl (C=O) groups is 1. The van der Waals surface area contributed by atoms with Crippen LogP contribution >= 0.6 is 0 Å². The lowest BCUT2D eigenvalue weighted by atomic mass is 10.0. The fraction of sp³-hybridized carbons (Fsp3) is 0.136. The highest BCUT2D eigenvalue weighted by Gasteiger charge is 2.19. The minimum atomic E-state index is -0.314. The third-order valence-electron chi connectivity index (χ3n) is 3.98. The molecule has 0 aliphatic rings. The van der Waals surface area contributed by atoms with Crippen LogP contribution in [0.4, 0.5) is 0 Å². The number of aliphatic hydroxyl groups excluding tert-OH is 1. The van der Waals surface area contributed by atoms with E-state index < -0.39 is 0 Å². The number of rotatable bonds is 7. The number of hydrogen-bond donors (Lipinski definition) is 1. The van der Waals surface area contributed by atoms with Crippen molar-refractivity contribution in [2.45, 2.75) is 12.5 Å². The number of para-hydroxylation sites is 1. The summed E-state index contributed by atoms with van der Waals surface area (Å²) >= 11 is 0. The SMILES string of the molecule is O=C(CCO)c1ccccc1OC(c1ccccc1)c1ccccc1. The maximum atomic E-state index is 12.3. The van der Waals surface area contributed by atoms with E-state index in [9.17, 15) is 4.79 Å². The molecule has 0 saturated carbocycles. The fourth-order valence-electron chi connectivity index (χ4n) is 2.75. The van der Waals surface area contributed by atoms with E-state index in [4.69, 9.17) is 9.84 Å². The van der Waals surface area contributed by atoms with Gasteiger partial charge in [0.25, 0.3) is 0 Å². The summed E-state index contributed by atoms with van der Waals surface area (Å²) in [7, 11) is 0. The monoisotopic (exact) mass is 332 g/mol. The standard InChI is InChI=1S/C22H20O3/c23-16-15-20(24)19-13-7-8-14-21(19)25-22(17-9-3-1-4-10-17)18-11-5-2-6-12-18/h1-14,22-23H,15-16H2. The van der Waals surface area contributed by atoms with E-state index in [0.717, 1.165) is 11.1 Å². The molecule has 3 aromatic rings. The Morgan fingerprint density at radius 1 is 0.800 bits per heavy atom. The van der Waals surface area contributed by atoms with E-state index >= 15 is 0 Å². The maximum Gasteiger partial charge on any atom is 0.168 e. The van der Waals surface area contributed by atoms with Crippen molar-refractivity contribution in [3.63, 3.8) is 0 Å². The Kier molecular flexibility index (Phi) is 5.60. The number of aliphatic hydroxyl groups is 1. The van der Waals surface area contributed by atoms with Gasteiger partial charge in [-0.15, -0.1) is 0 Å². The molecular formula is C22H20O3. The topological polar surface area (TPSA) is 46.5 Å². The van der Waals surface area contributed by atoms with Crippen LogP contribution in [0, 0.1) is 0 Å². The van der Waals surface area contributed by atoms with Gasteiger partial charge in [0.05, 0.1) is 12.2 Å². The van der Waals surface area contributed by atoms with Gasteiger partial charge in [-0.1, -0.05) is 72.8 Å². The van der Waals surface area contributed by atoms with E-state index in [1.54, 1.807) is 18.2 Å². The smallest absolute Gasteiger partial charge is 0.168 e. The van der Waals surface area contributed by atoms with Gasteiger partial charge in [-0.2, -0.15) is 0 Å². The predicted molar refractivity (Wildman–Crippen MR) is 97.8 cm³/mol. The van der Waals surface area contributed by atoms with Gasteiger partial charge in [-0.3, -0.25) is 4.79 Å². The first kappa shape index (κ1) is 16.9.